The molecule has 0 saturated heterocycles. The lowest BCUT2D eigenvalue weighted by atomic mass is 9.80. The molecule has 0 aromatic heterocycles. The minimum absolute atomic E-state index is 0.00859. The largest absolute Gasteiger partial charge is 0.507 e. The van der Waals surface area contributed by atoms with Crippen molar-refractivity contribution in [3.05, 3.63) is 58.7 Å². The summed E-state index contributed by atoms with van der Waals surface area (Å²) in [6.45, 7) is 20.9. The van der Waals surface area contributed by atoms with E-state index in [2.05, 4.69) is 62.3 Å². The molecule has 0 saturated carbocycles. The Kier molecular flexibility index (Phi) is 6.80. The Morgan fingerprint density at radius 3 is 1.11 bits per heavy atom. The van der Waals surface area contributed by atoms with Crippen molar-refractivity contribution < 1.29 is 10.2 Å². The third-order valence-electron chi connectivity index (χ3n) is 4.70. The molecule has 0 spiro atoms. The van der Waals surface area contributed by atoms with Crippen LogP contribution in [0.5, 0.6) is 11.5 Å². The Hall–Kier alpha value is -1.96. The fourth-order valence-electron chi connectivity index (χ4n) is 3.02. The van der Waals surface area contributed by atoms with Crippen LogP contribution in [0.4, 0.5) is 0 Å². The normalized spacial score (nSPS) is 12.4. The number of aromatic hydroxyl groups is 2. The molecule has 0 atom stereocenters. The smallest absolute Gasteiger partial charge is 0.123 e. The van der Waals surface area contributed by atoms with Crippen LogP contribution in [0.1, 0.15) is 84.6 Å². The van der Waals surface area contributed by atoms with Crippen molar-refractivity contribution in [1.82, 2.24) is 0 Å². The Morgan fingerprint density at radius 1 is 0.519 bits per heavy atom. The van der Waals surface area contributed by atoms with E-state index in [4.69, 9.17) is 0 Å². The fourth-order valence-corrected chi connectivity index (χ4v) is 3.02. The van der Waals surface area contributed by atoms with E-state index in [1.54, 1.807) is 0 Å². The minimum Gasteiger partial charge on any atom is -0.507 e. The topological polar surface area (TPSA) is 40.5 Å². The number of hydrogen-bond acceptors (Lipinski definition) is 2. The Bertz CT molecular complexity index is 734. The van der Waals surface area contributed by atoms with Crippen molar-refractivity contribution in [3.8, 4) is 11.5 Å². The van der Waals surface area contributed by atoms with Gasteiger partial charge in [-0.3, -0.25) is 0 Å². The van der Waals surface area contributed by atoms with Crippen LogP contribution in [0, 0.1) is 6.92 Å². The van der Waals surface area contributed by atoms with Gasteiger partial charge in [0.05, 0.1) is 0 Å². The molecule has 0 aliphatic rings. The van der Waals surface area contributed by atoms with E-state index in [1.165, 1.54) is 0 Å². The van der Waals surface area contributed by atoms with Gasteiger partial charge in [-0.25, -0.2) is 0 Å². The molecule has 0 aliphatic carbocycles. The highest BCUT2D eigenvalue weighted by Crippen LogP contribution is 2.38. The van der Waals surface area contributed by atoms with E-state index in [-0.39, 0.29) is 16.2 Å². The lowest BCUT2D eigenvalue weighted by molar-refractivity contribution is 0.423. The van der Waals surface area contributed by atoms with Gasteiger partial charge in [0.15, 0.2) is 0 Å². The maximum Gasteiger partial charge on any atom is 0.123 e. The molecule has 0 bridgehead atoms. The molecule has 0 heterocycles. The molecule has 2 heteroatoms. The van der Waals surface area contributed by atoms with Gasteiger partial charge < -0.3 is 10.2 Å². The Balaban J connectivity index is 0.000000277. The van der Waals surface area contributed by atoms with Crippen molar-refractivity contribution >= 4 is 0 Å². The van der Waals surface area contributed by atoms with Crippen molar-refractivity contribution in [2.45, 2.75) is 85.5 Å². The van der Waals surface area contributed by atoms with Gasteiger partial charge >= 0.3 is 0 Å². The van der Waals surface area contributed by atoms with E-state index in [0.29, 0.717) is 11.5 Å². The van der Waals surface area contributed by atoms with E-state index >= 15 is 0 Å². The number of phenols is 2. The van der Waals surface area contributed by atoms with Crippen molar-refractivity contribution in [2.24, 2.45) is 0 Å². The summed E-state index contributed by atoms with van der Waals surface area (Å²) in [5.74, 6) is 0.891. The molecule has 0 amide bonds. The molecule has 2 N–H and O–H groups in total. The maximum absolute atomic E-state index is 10.3. The van der Waals surface area contributed by atoms with Crippen LogP contribution in [0.2, 0.25) is 0 Å². The third kappa shape index (κ3) is 6.02. The summed E-state index contributed by atoms with van der Waals surface area (Å²) in [5, 5.41) is 20.0. The molecule has 2 aromatic carbocycles. The average molecular weight is 371 g/mol. The lowest BCUT2D eigenvalue weighted by Crippen LogP contribution is -2.16. The van der Waals surface area contributed by atoms with Crippen molar-refractivity contribution in [3.63, 3.8) is 0 Å². The summed E-state index contributed by atoms with van der Waals surface area (Å²) in [6, 6.07) is 11.9. The summed E-state index contributed by atoms with van der Waals surface area (Å²) >= 11 is 0. The highest BCUT2D eigenvalue weighted by Gasteiger charge is 2.24. The minimum atomic E-state index is -0.00859. The third-order valence-corrected chi connectivity index (χ3v) is 4.70. The Morgan fingerprint density at radius 2 is 0.815 bits per heavy atom. The highest BCUT2D eigenvalue weighted by atomic mass is 16.3. The molecule has 2 nitrogen and oxygen atoms in total. The monoisotopic (exact) mass is 370 g/mol. The molecule has 0 fully saturated rings. The van der Waals surface area contributed by atoms with Gasteiger partial charge in [0.25, 0.3) is 0 Å². The molecule has 0 radical (unpaired) electrons. The Labute approximate surface area is 166 Å². The first-order chi connectivity index (χ1) is 12.1. The van der Waals surface area contributed by atoms with Crippen LogP contribution in [-0.4, -0.2) is 10.2 Å². The standard InChI is InChI=1S/C14H22O.C11H16O/c1-13(2,3)10-8-7-9-11(12(10)15)14(4,5)6;1-8-6-5-7-9(10(8)12)11(2,3)4/h7-9,15H,1-6H3;5-7,12H,1-4H3. The zero-order valence-electron chi connectivity index (χ0n) is 18.9. The first kappa shape index (κ1) is 23.1. The maximum atomic E-state index is 10.3. The van der Waals surface area contributed by atoms with Gasteiger partial charge in [0, 0.05) is 0 Å². The fraction of sp³-hybridized carbons (Fsp3) is 0.520. The molecule has 2 rings (SSSR count). The van der Waals surface area contributed by atoms with Gasteiger partial charge in [0.2, 0.25) is 0 Å². The summed E-state index contributed by atoms with van der Waals surface area (Å²) in [5.41, 5.74) is 4.02. The van der Waals surface area contributed by atoms with Crippen molar-refractivity contribution in [2.75, 3.05) is 0 Å². The van der Waals surface area contributed by atoms with E-state index in [0.717, 1.165) is 22.3 Å². The first-order valence-corrected chi connectivity index (χ1v) is 9.69. The van der Waals surface area contributed by atoms with Crippen molar-refractivity contribution in [1.29, 1.82) is 0 Å². The summed E-state index contributed by atoms with van der Waals surface area (Å²) in [4.78, 5) is 0. The van der Waals surface area contributed by atoms with E-state index < -0.39 is 0 Å². The van der Waals surface area contributed by atoms with Gasteiger partial charge in [0.1, 0.15) is 11.5 Å². The molecule has 2 aromatic rings. The molecule has 150 valence electrons. The van der Waals surface area contributed by atoms with Gasteiger partial charge in [-0.05, 0) is 45.4 Å². The molecule has 0 unspecified atom stereocenters. The molecule has 0 aliphatic heterocycles. The van der Waals surface area contributed by atoms with E-state index in [1.807, 2.05) is 43.3 Å². The first-order valence-electron chi connectivity index (χ1n) is 9.69. The summed E-state index contributed by atoms with van der Waals surface area (Å²) < 4.78 is 0. The van der Waals surface area contributed by atoms with Crippen LogP contribution >= 0.6 is 0 Å². The number of aryl methyl sites for hydroxylation is 1. The van der Waals surface area contributed by atoms with Gasteiger partial charge in [-0.2, -0.15) is 0 Å². The predicted molar refractivity (Wildman–Crippen MR) is 117 cm³/mol. The van der Waals surface area contributed by atoms with Crippen LogP contribution < -0.4 is 0 Å². The predicted octanol–water partition coefficient (Wildman–Crippen LogP) is 6.99. The van der Waals surface area contributed by atoms with E-state index in [9.17, 15) is 10.2 Å². The second kappa shape index (κ2) is 7.96. The van der Waals surface area contributed by atoms with Crippen LogP contribution in [0.25, 0.3) is 0 Å². The zero-order valence-corrected chi connectivity index (χ0v) is 18.9. The molecular weight excluding hydrogens is 332 g/mol. The highest BCUT2D eigenvalue weighted by molar-refractivity contribution is 5.47. The van der Waals surface area contributed by atoms with Gasteiger partial charge in [-0.15, -0.1) is 0 Å². The second-order valence-electron chi connectivity index (χ2n) is 10.4. The lowest BCUT2D eigenvalue weighted by Gasteiger charge is -2.26. The quantitative estimate of drug-likeness (QED) is 0.525. The summed E-state index contributed by atoms with van der Waals surface area (Å²) in [6.07, 6.45) is 0. The number of phenolic OH excluding ortho intramolecular Hbond substituents is 2. The van der Waals surface area contributed by atoms with Crippen LogP contribution in [0.3, 0.4) is 0 Å². The second-order valence-corrected chi connectivity index (χ2v) is 10.4. The average Bonchev–Trinajstić information content (AvgIpc) is 2.47. The zero-order chi connectivity index (χ0) is 21.2. The number of hydrogen-bond donors (Lipinski definition) is 2. The molecule has 27 heavy (non-hydrogen) atoms. The van der Waals surface area contributed by atoms with Crippen LogP contribution in [-0.2, 0) is 16.2 Å². The molecular formula is C25H38O2. The number of benzene rings is 2. The number of para-hydroxylation sites is 2. The van der Waals surface area contributed by atoms with Crippen LogP contribution in [0.15, 0.2) is 36.4 Å². The van der Waals surface area contributed by atoms with Gasteiger partial charge in [-0.1, -0.05) is 98.7 Å². The summed E-state index contributed by atoms with van der Waals surface area (Å²) in [7, 11) is 0. The SMILES string of the molecule is CC(C)(C)c1cccc(C(C)(C)C)c1O.Cc1cccc(C(C)(C)C)c1O. The number of rotatable bonds is 0.